The van der Waals surface area contributed by atoms with Crippen molar-refractivity contribution in [3.63, 3.8) is 0 Å². The molecule has 0 aromatic heterocycles. The normalized spacial score (nSPS) is 11.4. The Morgan fingerprint density at radius 3 is 2.52 bits per heavy atom. The minimum Gasteiger partial charge on any atom is -0.392 e. The van der Waals surface area contributed by atoms with Gasteiger partial charge in [0.15, 0.2) is 0 Å². The Labute approximate surface area is 121 Å². The summed E-state index contributed by atoms with van der Waals surface area (Å²) in [5.74, 6) is -1.23. The Balaban J connectivity index is 2.42. The van der Waals surface area contributed by atoms with Gasteiger partial charge in [-0.25, -0.2) is 17.2 Å². The molecule has 0 bridgehead atoms. The molecule has 2 aromatic rings. The van der Waals surface area contributed by atoms with E-state index >= 15 is 0 Å². The number of hydrogen-bond acceptors (Lipinski definition) is 3. The molecule has 0 saturated heterocycles. The number of benzene rings is 2. The zero-order valence-corrected chi connectivity index (χ0v) is 11.9. The van der Waals surface area contributed by atoms with Gasteiger partial charge in [-0.2, -0.15) is 0 Å². The number of hydrogen-bond donors (Lipinski definition) is 2. The van der Waals surface area contributed by atoms with E-state index in [9.17, 15) is 17.2 Å². The number of aliphatic hydroxyl groups excluding tert-OH is 1. The Morgan fingerprint density at radius 1 is 1.19 bits per heavy atom. The third-order valence-electron chi connectivity index (χ3n) is 2.86. The number of nitrogens with one attached hydrogen (secondary N) is 1. The van der Waals surface area contributed by atoms with Crippen LogP contribution in [0.4, 0.5) is 14.5 Å². The lowest BCUT2D eigenvalue weighted by molar-refractivity contribution is 0.275. The molecule has 0 amide bonds. The summed E-state index contributed by atoms with van der Waals surface area (Å²) in [6.45, 7) is 0.783. The van der Waals surface area contributed by atoms with Crippen molar-refractivity contribution in [2.24, 2.45) is 0 Å². The highest BCUT2D eigenvalue weighted by molar-refractivity contribution is 7.92. The molecule has 0 atom stereocenters. The highest BCUT2D eigenvalue weighted by Gasteiger charge is 2.18. The van der Waals surface area contributed by atoms with Crippen LogP contribution in [0.15, 0.2) is 41.3 Å². The second-order valence-electron chi connectivity index (χ2n) is 4.49. The first kappa shape index (κ1) is 15.4. The molecule has 21 heavy (non-hydrogen) atoms. The Hall–Kier alpha value is -1.99. The molecule has 112 valence electrons. The summed E-state index contributed by atoms with van der Waals surface area (Å²) in [5, 5.41) is 9.05. The van der Waals surface area contributed by atoms with E-state index in [4.69, 9.17) is 5.11 Å². The fourth-order valence-corrected chi connectivity index (χ4v) is 3.03. The number of aliphatic hydroxyl groups is 1. The zero-order chi connectivity index (χ0) is 15.6. The lowest BCUT2D eigenvalue weighted by Gasteiger charge is -2.11. The van der Waals surface area contributed by atoms with E-state index in [1.54, 1.807) is 0 Å². The van der Waals surface area contributed by atoms with Crippen LogP contribution in [0.5, 0.6) is 0 Å². The largest absolute Gasteiger partial charge is 0.392 e. The maximum atomic E-state index is 13.6. The van der Waals surface area contributed by atoms with Crippen molar-refractivity contribution >= 4 is 15.7 Å². The fourth-order valence-electron chi connectivity index (χ4n) is 1.84. The molecule has 0 aliphatic carbocycles. The summed E-state index contributed by atoms with van der Waals surface area (Å²) in [5.41, 5.74) is 0.0401. The SMILES string of the molecule is Cc1cc(S(=O)(=O)Nc2cccc(F)c2)cc(CO)c1F. The number of halogens is 2. The first-order valence-corrected chi connectivity index (χ1v) is 7.50. The van der Waals surface area contributed by atoms with Gasteiger partial charge in [-0.15, -0.1) is 0 Å². The quantitative estimate of drug-likeness (QED) is 0.911. The molecule has 2 N–H and O–H groups in total. The van der Waals surface area contributed by atoms with Crippen LogP contribution in [0.25, 0.3) is 0 Å². The lowest BCUT2D eigenvalue weighted by atomic mass is 10.1. The summed E-state index contributed by atoms with van der Waals surface area (Å²) in [6.07, 6.45) is 0. The van der Waals surface area contributed by atoms with Crippen LogP contribution in [0.2, 0.25) is 0 Å². The van der Waals surface area contributed by atoms with Gasteiger partial charge in [0.05, 0.1) is 17.2 Å². The summed E-state index contributed by atoms with van der Waals surface area (Å²) in [6, 6.07) is 7.16. The van der Waals surface area contributed by atoms with Crippen molar-refractivity contribution in [2.75, 3.05) is 4.72 Å². The summed E-state index contributed by atoms with van der Waals surface area (Å²) >= 11 is 0. The maximum absolute atomic E-state index is 13.6. The van der Waals surface area contributed by atoms with Gasteiger partial charge < -0.3 is 5.11 Å². The molecule has 0 unspecified atom stereocenters. The van der Waals surface area contributed by atoms with Crippen molar-refractivity contribution < 1.29 is 22.3 Å². The Kier molecular flexibility index (Phi) is 4.24. The van der Waals surface area contributed by atoms with Crippen LogP contribution in [0, 0.1) is 18.6 Å². The first-order chi connectivity index (χ1) is 9.83. The molecular formula is C14H13F2NO3S. The number of aryl methyl sites for hydroxylation is 1. The molecule has 0 aliphatic heterocycles. The molecule has 0 fully saturated rings. The number of rotatable bonds is 4. The molecule has 0 saturated carbocycles. The third kappa shape index (κ3) is 3.37. The van der Waals surface area contributed by atoms with Crippen molar-refractivity contribution in [3.05, 3.63) is 59.2 Å². The lowest BCUT2D eigenvalue weighted by Crippen LogP contribution is -2.14. The van der Waals surface area contributed by atoms with Gasteiger partial charge in [0.1, 0.15) is 11.6 Å². The van der Waals surface area contributed by atoms with Crippen molar-refractivity contribution in [1.82, 2.24) is 0 Å². The Bertz CT molecular complexity index is 776. The molecule has 7 heteroatoms. The summed E-state index contributed by atoms with van der Waals surface area (Å²) in [4.78, 5) is -0.199. The van der Waals surface area contributed by atoms with Gasteiger partial charge in [-0.05, 0) is 42.8 Å². The van der Waals surface area contributed by atoms with Crippen LogP contribution >= 0.6 is 0 Å². The predicted molar refractivity (Wildman–Crippen MR) is 74.3 cm³/mol. The van der Waals surface area contributed by atoms with E-state index in [1.807, 2.05) is 0 Å². The second-order valence-corrected chi connectivity index (χ2v) is 6.17. The topological polar surface area (TPSA) is 66.4 Å². The van der Waals surface area contributed by atoms with Crippen molar-refractivity contribution in [1.29, 1.82) is 0 Å². The highest BCUT2D eigenvalue weighted by Crippen LogP contribution is 2.22. The van der Waals surface area contributed by atoms with Gasteiger partial charge in [-0.1, -0.05) is 6.07 Å². The van der Waals surface area contributed by atoms with Gasteiger partial charge >= 0.3 is 0 Å². The van der Waals surface area contributed by atoms with Crippen LogP contribution < -0.4 is 4.72 Å². The average molecular weight is 313 g/mol. The molecule has 0 radical (unpaired) electrons. The van der Waals surface area contributed by atoms with Gasteiger partial charge in [0.25, 0.3) is 10.0 Å². The highest BCUT2D eigenvalue weighted by atomic mass is 32.2. The monoisotopic (exact) mass is 313 g/mol. The van der Waals surface area contributed by atoms with Crippen molar-refractivity contribution in [2.45, 2.75) is 18.4 Å². The second kappa shape index (κ2) is 5.79. The van der Waals surface area contributed by atoms with E-state index in [0.717, 1.165) is 18.2 Å². The minimum atomic E-state index is -4.00. The van der Waals surface area contributed by atoms with Crippen LogP contribution in [-0.4, -0.2) is 13.5 Å². The molecule has 0 spiro atoms. The zero-order valence-electron chi connectivity index (χ0n) is 11.1. The van der Waals surface area contributed by atoms with Crippen LogP contribution in [0.3, 0.4) is 0 Å². The first-order valence-electron chi connectivity index (χ1n) is 6.02. The van der Waals surface area contributed by atoms with E-state index in [1.165, 1.54) is 25.1 Å². The third-order valence-corrected chi connectivity index (χ3v) is 4.22. The Morgan fingerprint density at radius 2 is 1.90 bits per heavy atom. The maximum Gasteiger partial charge on any atom is 0.261 e. The van der Waals surface area contributed by atoms with Gasteiger partial charge in [0.2, 0.25) is 0 Å². The van der Waals surface area contributed by atoms with E-state index < -0.39 is 28.3 Å². The average Bonchev–Trinajstić information content (AvgIpc) is 2.41. The van der Waals surface area contributed by atoms with E-state index in [-0.39, 0.29) is 21.7 Å². The number of anilines is 1. The summed E-state index contributed by atoms with van der Waals surface area (Å²) in [7, 11) is -4.00. The fraction of sp³-hybridized carbons (Fsp3) is 0.143. The molecule has 0 aliphatic rings. The predicted octanol–water partition coefficient (Wildman–Crippen LogP) is 2.57. The molecular weight excluding hydrogens is 300 g/mol. The molecule has 2 rings (SSSR count). The summed E-state index contributed by atoms with van der Waals surface area (Å²) < 4.78 is 53.3. The van der Waals surface area contributed by atoms with E-state index in [2.05, 4.69) is 4.72 Å². The number of sulfonamides is 1. The standard InChI is InChI=1S/C14H13F2NO3S/c1-9-5-13(6-10(8-18)14(9)16)21(19,20)17-12-4-2-3-11(15)7-12/h2-7,17-18H,8H2,1H3. The van der Waals surface area contributed by atoms with Gasteiger partial charge in [0, 0.05) is 5.56 Å². The smallest absolute Gasteiger partial charge is 0.261 e. The molecule has 4 nitrogen and oxygen atoms in total. The molecule has 2 aromatic carbocycles. The van der Waals surface area contributed by atoms with Crippen LogP contribution in [-0.2, 0) is 16.6 Å². The molecule has 0 heterocycles. The minimum absolute atomic E-state index is 0.0579. The van der Waals surface area contributed by atoms with E-state index in [0.29, 0.717) is 0 Å². The van der Waals surface area contributed by atoms with Crippen molar-refractivity contribution in [3.8, 4) is 0 Å². The van der Waals surface area contributed by atoms with Gasteiger partial charge in [-0.3, -0.25) is 4.72 Å². The van der Waals surface area contributed by atoms with Crippen LogP contribution in [0.1, 0.15) is 11.1 Å².